The Morgan fingerprint density at radius 2 is 1.78 bits per heavy atom. The van der Waals surface area contributed by atoms with Crippen LogP contribution in [0.25, 0.3) is 0 Å². The zero-order valence-electron chi connectivity index (χ0n) is 15.7. The predicted molar refractivity (Wildman–Crippen MR) is 99.3 cm³/mol. The lowest BCUT2D eigenvalue weighted by molar-refractivity contribution is 0.418. The van der Waals surface area contributed by atoms with Crippen molar-refractivity contribution in [3.63, 3.8) is 0 Å². The summed E-state index contributed by atoms with van der Waals surface area (Å²) in [6.07, 6.45) is 7.28. The highest BCUT2D eigenvalue weighted by Crippen LogP contribution is 2.13. The van der Waals surface area contributed by atoms with Crippen LogP contribution >= 0.6 is 0 Å². The smallest absolute Gasteiger partial charge is 0.209 e. The van der Waals surface area contributed by atoms with Crippen molar-refractivity contribution in [3.05, 3.63) is 0 Å². The fourth-order valence-electron chi connectivity index (χ4n) is 2.55. The van der Waals surface area contributed by atoms with E-state index in [9.17, 15) is 8.42 Å². The first-order valence-corrected chi connectivity index (χ1v) is 10.5. The van der Waals surface area contributed by atoms with E-state index >= 15 is 0 Å². The van der Waals surface area contributed by atoms with Gasteiger partial charge in [-0.2, -0.15) is 0 Å². The molecule has 23 heavy (non-hydrogen) atoms. The summed E-state index contributed by atoms with van der Waals surface area (Å²) in [5.41, 5.74) is -0.573. The normalized spacial score (nSPS) is 14.6. The number of sulfonamides is 1. The zero-order valence-corrected chi connectivity index (χ0v) is 16.5. The summed E-state index contributed by atoms with van der Waals surface area (Å²) in [7, 11) is -1.50. The van der Waals surface area contributed by atoms with Crippen molar-refractivity contribution < 1.29 is 8.42 Å². The quantitative estimate of drug-likeness (QED) is 0.394. The summed E-state index contributed by atoms with van der Waals surface area (Å²) in [5.74, 6) is 1.37. The number of guanidine groups is 1. The van der Waals surface area contributed by atoms with Crippen molar-refractivity contribution >= 4 is 16.0 Å². The molecule has 0 fully saturated rings. The highest BCUT2D eigenvalue weighted by Gasteiger charge is 2.22. The largest absolute Gasteiger partial charge is 0.356 e. The Labute approximate surface area is 143 Å². The average Bonchev–Trinajstić information content (AvgIpc) is 2.42. The minimum Gasteiger partial charge on any atom is -0.356 e. The molecule has 0 aromatic rings. The molecule has 0 amide bonds. The molecule has 0 spiro atoms. The van der Waals surface area contributed by atoms with Crippen LogP contribution in [0.5, 0.6) is 0 Å². The molecule has 6 nitrogen and oxygen atoms in total. The Kier molecular flexibility index (Phi) is 10.5. The van der Waals surface area contributed by atoms with Crippen molar-refractivity contribution in [1.29, 1.82) is 0 Å². The van der Waals surface area contributed by atoms with Gasteiger partial charge in [-0.05, 0) is 32.6 Å². The molecule has 0 saturated carbocycles. The van der Waals surface area contributed by atoms with E-state index in [0.29, 0.717) is 18.4 Å². The fourth-order valence-corrected chi connectivity index (χ4v) is 3.63. The van der Waals surface area contributed by atoms with Crippen LogP contribution in [0, 0.1) is 5.92 Å². The third kappa shape index (κ3) is 12.3. The number of aliphatic imine (C=N–C) groups is 1. The molecular formula is C16H36N4O2S. The lowest BCUT2D eigenvalue weighted by atomic mass is 9.97. The van der Waals surface area contributed by atoms with Crippen LogP contribution in [0.2, 0.25) is 0 Å². The van der Waals surface area contributed by atoms with Crippen molar-refractivity contribution in [2.75, 3.05) is 26.4 Å². The Morgan fingerprint density at radius 3 is 2.26 bits per heavy atom. The molecule has 7 heteroatoms. The van der Waals surface area contributed by atoms with Gasteiger partial charge < -0.3 is 10.6 Å². The lowest BCUT2D eigenvalue weighted by Gasteiger charge is -2.27. The molecule has 0 aliphatic rings. The van der Waals surface area contributed by atoms with Crippen LogP contribution in [0.4, 0.5) is 0 Å². The second-order valence-electron chi connectivity index (χ2n) is 6.86. The van der Waals surface area contributed by atoms with Crippen LogP contribution in [0.15, 0.2) is 4.99 Å². The van der Waals surface area contributed by atoms with E-state index < -0.39 is 15.6 Å². The Balaban J connectivity index is 4.39. The maximum atomic E-state index is 11.4. The van der Waals surface area contributed by atoms with E-state index in [0.717, 1.165) is 6.54 Å². The highest BCUT2D eigenvalue weighted by atomic mass is 32.2. The van der Waals surface area contributed by atoms with E-state index in [1.165, 1.54) is 38.4 Å². The van der Waals surface area contributed by atoms with Crippen molar-refractivity contribution in [2.24, 2.45) is 10.9 Å². The molecular weight excluding hydrogens is 312 g/mol. The van der Waals surface area contributed by atoms with Gasteiger partial charge in [0.2, 0.25) is 10.0 Å². The van der Waals surface area contributed by atoms with Gasteiger partial charge in [-0.1, -0.05) is 33.1 Å². The number of nitrogens with zero attached hydrogens (tertiary/aromatic N) is 1. The van der Waals surface area contributed by atoms with Gasteiger partial charge in [-0.3, -0.25) is 4.99 Å². The van der Waals surface area contributed by atoms with E-state index in [1.807, 2.05) is 13.8 Å². The van der Waals surface area contributed by atoms with E-state index in [-0.39, 0.29) is 0 Å². The molecule has 0 aliphatic carbocycles. The molecule has 0 aromatic heterocycles. The SMILES string of the molecule is CCCCC(CCC)CNC(=NC)NCC(C)(C)NS(C)(=O)=O. The third-order valence-corrected chi connectivity index (χ3v) is 4.53. The van der Waals surface area contributed by atoms with Gasteiger partial charge >= 0.3 is 0 Å². The van der Waals surface area contributed by atoms with Gasteiger partial charge in [0, 0.05) is 25.7 Å². The lowest BCUT2D eigenvalue weighted by Crippen LogP contribution is -2.53. The maximum absolute atomic E-state index is 11.4. The summed E-state index contributed by atoms with van der Waals surface area (Å²) < 4.78 is 25.3. The number of nitrogens with one attached hydrogen (secondary N) is 3. The van der Waals surface area contributed by atoms with Gasteiger partial charge in [0.15, 0.2) is 5.96 Å². The Morgan fingerprint density at radius 1 is 1.13 bits per heavy atom. The first-order chi connectivity index (χ1) is 10.6. The first-order valence-electron chi connectivity index (χ1n) is 8.57. The average molecular weight is 349 g/mol. The minimum atomic E-state index is -3.23. The summed E-state index contributed by atoms with van der Waals surface area (Å²) in [4.78, 5) is 4.22. The van der Waals surface area contributed by atoms with Crippen molar-refractivity contribution in [2.45, 2.75) is 65.3 Å². The molecule has 1 unspecified atom stereocenters. The number of rotatable bonds is 11. The summed E-state index contributed by atoms with van der Waals surface area (Å²) >= 11 is 0. The van der Waals surface area contributed by atoms with Gasteiger partial charge in [0.05, 0.1) is 6.26 Å². The molecule has 0 saturated heterocycles. The van der Waals surface area contributed by atoms with E-state index in [1.54, 1.807) is 7.05 Å². The highest BCUT2D eigenvalue weighted by molar-refractivity contribution is 7.88. The van der Waals surface area contributed by atoms with Crippen LogP contribution in [-0.4, -0.2) is 46.3 Å². The molecule has 0 rings (SSSR count). The minimum absolute atomic E-state index is 0.465. The topological polar surface area (TPSA) is 82.6 Å². The molecule has 0 aliphatic heterocycles. The third-order valence-electron chi connectivity index (χ3n) is 3.60. The monoisotopic (exact) mass is 348 g/mol. The molecule has 1 atom stereocenters. The molecule has 0 aromatic carbocycles. The van der Waals surface area contributed by atoms with Crippen LogP contribution < -0.4 is 15.4 Å². The Hall–Kier alpha value is -0.820. The standard InChI is InChI=1S/C16H36N4O2S/c1-7-9-11-14(10-8-2)12-18-15(17-5)19-13-16(3,4)20-23(6,21)22/h14,20H,7-13H2,1-6H3,(H2,17,18,19). The zero-order chi connectivity index (χ0) is 17.9. The Bertz CT molecular complexity index is 447. The van der Waals surface area contributed by atoms with Crippen molar-refractivity contribution in [3.8, 4) is 0 Å². The predicted octanol–water partition coefficient (Wildman–Crippen LogP) is 2.09. The van der Waals surface area contributed by atoms with Crippen LogP contribution in [0.1, 0.15) is 59.8 Å². The maximum Gasteiger partial charge on any atom is 0.209 e. The van der Waals surface area contributed by atoms with Gasteiger partial charge in [0.25, 0.3) is 0 Å². The fraction of sp³-hybridized carbons (Fsp3) is 0.938. The first kappa shape index (κ1) is 22.2. The van der Waals surface area contributed by atoms with E-state index in [4.69, 9.17) is 0 Å². The van der Waals surface area contributed by atoms with Gasteiger partial charge in [0.1, 0.15) is 0 Å². The van der Waals surface area contributed by atoms with Crippen molar-refractivity contribution in [1.82, 2.24) is 15.4 Å². The number of unbranched alkanes of at least 4 members (excludes halogenated alkanes) is 1. The molecule has 3 N–H and O–H groups in total. The second-order valence-corrected chi connectivity index (χ2v) is 8.61. The summed E-state index contributed by atoms with van der Waals surface area (Å²) in [5, 5.41) is 6.56. The molecule has 0 heterocycles. The van der Waals surface area contributed by atoms with Crippen LogP contribution in [0.3, 0.4) is 0 Å². The number of hydrogen-bond donors (Lipinski definition) is 3. The molecule has 138 valence electrons. The molecule has 0 bridgehead atoms. The number of hydrogen-bond acceptors (Lipinski definition) is 3. The summed E-state index contributed by atoms with van der Waals surface area (Å²) in [6, 6.07) is 0. The van der Waals surface area contributed by atoms with Gasteiger partial charge in [-0.25, -0.2) is 13.1 Å². The second kappa shape index (κ2) is 10.9. The van der Waals surface area contributed by atoms with Gasteiger partial charge in [-0.15, -0.1) is 0 Å². The molecule has 0 radical (unpaired) electrons. The van der Waals surface area contributed by atoms with E-state index in [2.05, 4.69) is 34.2 Å². The van der Waals surface area contributed by atoms with Crippen LogP contribution in [-0.2, 0) is 10.0 Å². The summed E-state index contributed by atoms with van der Waals surface area (Å²) in [6.45, 7) is 9.48.